The van der Waals surface area contributed by atoms with E-state index in [9.17, 15) is 9.59 Å². The van der Waals surface area contributed by atoms with Gasteiger partial charge in [0, 0.05) is 41.6 Å². The molecule has 1 saturated heterocycles. The molecule has 3 aromatic rings. The Kier molecular flexibility index (Phi) is 6.99. The van der Waals surface area contributed by atoms with Crippen molar-refractivity contribution in [2.24, 2.45) is 0 Å². The molecule has 0 radical (unpaired) electrons. The Balaban J connectivity index is 1.30. The highest BCUT2D eigenvalue weighted by atomic mass is 32.2. The third-order valence-electron chi connectivity index (χ3n) is 5.16. The van der Waals surface area contributed by atoms with E-state index < -0.39 is 0 Å². The molecule has 0 saturated carbocycles. The molecule has 1 N–H and O–H groups in total. The molecule has 8 heteroatoms. The Morgan fingerprint density at radius 2 is 1.94 bits per heavy atom. The van der Waals surface area contributed by atoms with E-state index in [4.69, 9.17) is 0 Å². The molecule has 1 atom stereocenters. The Morgan fingerprint density at radius 1 is 1.16 bits per heavy atom. The van der Waals surface area contributed by atoms with Gasteiger partial charge in [0.05, 0.1) is 0 Å². The lowest BCUT2D eigenvalue weighted by Gasteiger charge is -2.16. The predicted molar refractivity (Wildman–Crippen MR) is 126 cm³/mol. The quantitative estimate of drug-likeness (QED) is 0.500. The summed E-state index contributed by atoms with van der Waals surface area (Å²) in [6, 6.07) is 18.1. The van der Waals surface area contributed by atoms with Crippen LogP contribution < -0.4 is 10.2 Å². The number of nitrogens with zero attached hydrogens (tertiary/aromatic N) is 3. The summed E-state index contributed by atoms with van der Waals surface area (Å²) in [5, 5.41) is 12.5. The largest absolute Gasteiger partial charge is 0.312 e. The standard InChI is InChI=1S/C23H24N4O2S2/c1-2-16-8-10-18(11-9-16)27-15-17(14-21(27)29)22-25-26-23(31-22)24-20(28)12-13-30-19-6-4-3-5-7-19/h3-11,17H,2,12-15H2,1H3,(H,24,26,28)/t17-/m0/s1. The van der Waals surface area contributed by atoms with E-state index in [1.165, 1.54) is 16.9 Å². The second-order valence-corrected chi connectivity index (χ2v) is 9.51. The van der Waals surface area contributed by atoms with E-state index in [1.807, 2.05) is 47.4 Å². The normalized spacial score (nSPS) is 16.0. The first kappa shape index (κ1) is 21.5. The molecule has 0 unspecified atom stereocenters. The van der Waals surface area contributed by atoms with Crippen LogP contribution in [0.5, 0.6) is 0 Å². The number of amides is 2. The number of carbonyl (C=O) groups is 2. The van der Waals surface area contributed by atoms with E-state index in [0.717, 1.165) is 22.0 Å². The van der Waals surface area contributed by atoms with Crippen LogP contribution in [0.15, 0.2) is 59.5 Å². The molecule has 0 spiro atoms. The van der Waals surface area contributed by atoms with Crippen molar-refractivity contribution in [3.63, 3.8) is 0 Å². The number of hydrogen-bond donors (Lipinski definition) is 1. The van der Waals surface area contributed by atoms with Gasteiger partial charge >= 0.3 is 0 Å². The lowest BCUT2D eigenvalue weighted by molar-refractivity contribution is -0.117. The summed E-state index contributed by atoms with van der Waals surface area (Å²) >= 11 is 3.00. The van der Waals surface area contributed by atoms with Crippen molar-refractivity contribution >= 4 is 45.7 Å². The van der Waals surface area contributed by atoms with Crippen molar-refractivity contribution in [1.29, 1.82) is 0 Å². The van der Waals surface area contributed by atoms with Gasteiger partial charge < -0.3 is 10.2 Å². The number of aromatic nitrogens is 2. The topological polar surface area (TPSA) is 75.2 Å². The molecule has 1 aliphatic rings. The van der Waals surface area contributed by atoms with Gasteiger partial charge in [-0.15, -0.1) is 22.0 Å². The van der Waals surface area contributed by atoms with Crippen LogP contribution in [-0.2, 0) is 16.0 Å². The van der Waals surface area contributed by atoms with E-state index in [1.54, 1.807) is 11.8 Å². The first-order chi connectivity index (χ1) is 15.1. The van der Waals surface area contributed by atoms with Crippen molar-refractivity contribution in [3.8, 4) is 0 Å². The van der Waals surface area contributed by atoms with Gasteiger partial charge in [-0.25, -0.2) is 0 Å². The molecular weight excluding hydrogens is 428 g/mol. The minimum absolute atomic E-state index is 0.00450. The van der Waals surface area contributed by atoms with Gasteiger partial charge in [0.25, 0.3) is 0 Å². The second-order valence-electron chi connectivity index (χ2n) is 7.33. The molecule has 1 fully saturated rings. The second kappa shape index (κ2) is 10.1. The number of thioether (sulfide) groups is 1. The molecule has 0 aliphatic carbocycles. The Hall–Kier alpha value is -2.71. The zero-order valence-electron chi connectivity index (χ0n) is 17.3. The van der Waals surface area contributed by atoms with Gasteiger partial charge in [0.2, 0.25) is 16.9 Å². The first-order valence-electron chi connectivity index (χ1n) is 10.3. The molecule has 160 valence electrons. The summed E-state index contributed by atoms with van der Waals surface area (Å²) in [5.41, 5.74) is 2.16. The van der Waals surface area contributed by atoms with E-state index in [2.05, 4.69) is 34.6 Å². The lowest BCUT2D eigenvalue weighted by atomic mass is 10.1. The van der Waals surface area contributed by atoms with Gasteiger partial charge in [-0.1, -0.05) is 48.6 Å². The van der Waals surface area contributed by atoms with Crippen LogP contribution in [-0.4, -0.2) is 34.3 Å². The molecular formula is C23H24N4O2S2. The molecule has 2 heterocycles. The van der Waals surface area contributed by atoms with E-state index >= 15 is 0 Å². The van der Waals surface area contributed by atoms with Crippen LogP contribution >= 0.6 is 23.1 Å². The van der Waals surface area contributed by atoms with Gasteiger partial charge in [-0.2, -0.15) is 0 Å². The highest BCUT2D eigenvalue weighted by Gasteiger charge is 2.34. The maximum atomic E-state index is 12.5. The fourth-order valence-electron chi connectivity index (χ4n) is 3.44. The van der Waals surface area contributed by atoms with Gasteiger partial charge in [0.1, 0.15) is 5.01 Å². The zero-order chi connectivity index (χ0) is 21.6. The Bertz CT molecular complexity index is 1040. The highest BCUT2D eigenvalue weighted by molar-refractivity contribution is 7.99. The zero-order valence-corrected chi connectivity index (χ0v) is 18.9. The van der Waals surface area contributed by atoms with Crippen molar-refractivity contribution < 1.29 is 9.59 Å². The smallest absolute Gasteiger partial charge is 0.227 e. The van der Waals surface area contributed by atoms with Crippen molar-refractivity contribution in [1.82, 2.24) is 10.2 Å². The third kappa shape index (κ3) is 5.51. The third-order valence-corrected chi connectivity index (χ3v) is 7.17. The monoisotopic (exact) mass is 452 g/mol. The Labute approximate surface area is 190 Å². The van der Waals surface area contributed by atoms with Crippen LogP contribution in [0.25, 0.3) is 0 Å². The summed E-state index contributed by atoms with van der Waals surface area (Å²) in [4.78, 5) is 27.7. The molecule has 2 aromatic carbocycles. The maximum absolute atomic E-state index is 12.5. The summed E-state index contributed by atoms with van der Waals surface area (Å²) < 4.78 is 0. The van der Waals surface area contributed by atoms with E-state index in [-0.39, 0.29) is 17.7 Å². The molecule has 1 aromatic heterocycles. The number of rotatable bonds is 8. The average Bonchev–Trinajstić information content (AvgIpc) is 3.41. The number of carbonyl (C=O) groups excluding carboxylic acids is 2. The number of nitrogens with one attached hydrogen (secondary N) is 1. The maximum Gasteiger partial charge on any atom is 0.227 e. The van der Waals surface area contributed by atoms with Gasteiger partial charge in [0.15, 0.2) is 0 Å². The van der Waals surface area contributed by atoms with E-state index in [0.29, 0.717) is 30.3 Å². The summed E-state index contributed by atoms with van der Waals surface area (Å²) in [7, 11) is 0. The molecule has 6 nitrogen and oxygen atoms in total. The fraction of sp³-hybridized carbons (Fsp3) is 0.304. The van der Waals surface area contributed by atoms with Gasteiger partial charge in [-0.05, 0) is 36.2 Å². The van der Waals surface area contributed by atoms with Crippen LogP contribution in [0, 0.1) is 0 Å². The van der Waals surface area contributed by atoms with Gasteiger partial charge in [-0.3, -0.25) is 9.59 Å². The average molecular weight is 453 g/mol. The summed E-state index contributed by atoms with van der Waals surface area (Å²) in [6.45, 7) is 2.70. The minimum atomic E-state index is -0.0775. The minimum Gasteiger partial charge on any atom is -0.312 e. The van der Waals surface area contributed by atoms with Crippen molar-refractivity contribution in [2.45, 2.75) is 37.0 Å². The van der Waals surface area contributed by atoms with Crippen LogP contribution in [0.4, 0.5) is 10.8 Å². The fourth-order valence-corrected chi connectivity index (χ4v) is 5.17. The van der Waals surface area contributed by atoms with Crippen molar-refractivity contribution in [3.05, 3.63) is 65.2 Å². The van der Waals surface area contributed by atoms with Crippen LogP contribution in [0.3, 0.4) is 0 Å². The number of aryl methyl sites for hydroxylation is 1. The number of hydrogen-bond acceptors (Lipinski definition) is 6. The van der Waals surface area contributed by atoms with Crippen molar-refractivity contribution in [2.75, 3.05) is 22.5 Å². The number of benzene rings is 2. The lowest BCUT2D eigenvalue weighted by Crippen LogP contribution is -2.24. The van der Waals surface area contributed by atoms with Crippen LogP contribution in [0.1, 0.15) is 36.3 Å². The molecule has 1 aliphatic heterocycles. The molecule has 4 rings (SSSR count). The Morgan fingerprint density at radius 3 is 2.68 bits per heavy atom. The first-order valence-corrected chi connectivity index (χ1v) is 12.1. The highest BCUT2D eigenvalue weighted by Crippen LogP contribution is 2.34. The predicted octanol–water partition coefficient (Wildman–Crippen LogP) is 4.74. The van der Waals surface area contributed by atoms with Crippen LogP contribution in [0.2, 0.25) is 0 Å². The SMILES string of the molecule is CCc1ccc(N2C[C@@H](c3nnc(NC(=O)CCSc4ccccc4)s3)CC2=O)cc1. The summed E-state index contributed by atoms with van der Waals surface area (Å²) in [6.07, 6.45) is 1.78. The molecule has 2 amide bonds. The number of anilines is 2. The molecule has 0 bridgehead atoms. The molecule has 31 heavy (non-hydrogen) atoms. The summed E-state index contributed by atoms with van der Waals surface area (Å²) in [5.74, 6) is 0.708.